The van der Waals surface area contributed by atoms with E-state index in [1.54, 1.807) is 11.2 Å². The maximum absolute atomic E-state index is 12.1. The Morgan fingerprint density at radius 1 is 1.36 bits per heavy atom. The number of fused-ring (bicyclic) bond motifs is 1. The number of ether oxygens (including phenoxy) is 1. The molecule has 1 atom stereocenters. The Hall–Kier alpha value is -2.38. The number of carbonyl (C=O) groups excluding carboxylic acids is 1. The van der Waals surface area contributed by atoms with Crippen LogP contribution in [0.3, 0.4) is 0 Å². The molecule has 1 aliphatic rings. The van der Waals surface area contributed by atoms with E-state index in [1.807, 2.05) is 25.3 Å². The summed E-state index contributed by atoms with van der Waals surface area (Å²) in [5.41, 5.74) is 6.61. The third kappa shape index (κ3) is 2.68. The maximum atomic E-state index is 12.1. The van der Waals surface area contributed by atoms with Crippen LogP contribution in [0.1, 0.15) is 33.2 Å². The van der Waals surface area contributed by atoms with Gasteiger partial charge in [0.25, 0.3) is 0 Å². The van der Waals surface area contributed by atoms with Gasteiger partial charge in [-0.05, 0) is 27.2 Å². The molecule has 0 saturated carbocycles. The Labute approximate surface area is 128 Å². The lowest BCUT2D eigenvalue weighted by molar-refractivity contribution is 0.0289. The van der Waals surface area contributed by atoms with Gasteiger partial charge >= 0.3 is 6.09 Å². The third-order valence-corrected chi connectivity index (χ3v) is 3.60. The molecule has 1 fully saturated rings. The summed E-state index contributed by atoms with van der Waals surface area (Å²) in [4.78, 5) is 26.3. The van der Waals surface area contributed by atoms with E-state index in [2.05, 4.69) is 15.0 Å². The molecule has 1 saturated heterocycles. The summed E-state index contributed by atoms with van der Waals surface area (Å²) >= 11 is 0. The first-order valence-electron chi connectivity index (χ1n) is 7.26. The van der Waals surface area contributed by atoms with Crippen LogP contribution in [0.2, 0.25) is 0 Å². The zero-order valence-corrected chi connectivity index (χ0v) is 13.0. The van der Waals surface area contributed by atoms with Crippen molar-refractivity contribution in [3.05, 3.63) is 12.7 Å². The van der Waals surface area contributed by atoms with Crippen LogP contribution in [0.25, 0.3) is 11.2 Å². The molecular weight excluding hydrogens is 284 g/mol. The number of nitrogens with two attached hydrogens (primary N) is 1. The number of amides is 1. The topological polar surface area (TPSA) is 99.2 Å². The number of aromatic nitrogens is 4. The molecule has 3 rings (SSSR count). The average molecular weight is 304 g/mol. The highest BCUT2D eigenvalue weighted by atomic mass is 16.6. The Morgan fingerprint density at radius 3 is 2.86 bits per heavy atom. The second kappa shape index (κ2) is 5.11. The summed E-state index contributed by atoms with van der Waals surface area (Å²) < 4.78 is 7.37. The number of imidazole rings is 1. The summed E-state index contributed by atoms with van der Waals surface area (Å²) in [5, 5.41) is 0. The highest BCUT2D eigenvalue weighted by Gasteiger charge is 2.31. The van der Waals surface area contributed by atoms with Gasteiger partial charge < -0.3 is 19.9 Å². The van der Waals surface area contributed by atoms with Crippen molar-refractivity contribution in [2.45, 2.75) is 38.8 Å². The molecule has 1 aliphatic heterocycles. The van der Waals surface area contributed by atoms with Crippen molar-refractivity contribution in [3.63, 3.8) is 0 Å². The number of hydrogen-bond donors (Lipinski definition) is 1. The van der Waals surface area contributed by atoms with Crippen LogP contribution in [0.5, 0.6) is 0 Å². The van der Waals surface area contributed by atoms with Gasteiger partial charge in [-0.15, -0.1) is 0 Å². The van der Waals surface area contributed by atoms with Crippen LogP contribution in [0.4, 0.5) is 10.6 Å². The number of anilines is 1. The molecule has 8 heteroatoms. The lowest BCUT2D eigenvalue weighted by Gasteiger charge is -2.24. The van der Waals surface area contributed by atoms with Crippen LogP contribution < -0.4 is 5.73 Å². The maximum Gasteiger partial charge on any atom is 0.410 e. The largest absolute Gasteiger partial charge is 0.444 e. The lowest BCUT2D eigenvalue weighted by Crippen LogP contribution is -2.35. The average Bonchev–Trinajstić information content (AvgIpc) is 3.03. The monoisotopic (exact) mass is 304 g/mol. The minimum absolute atomic E-state index is 0.117. The van der Waals surface area contributed by atoms with E-state index in [1.165, 1.54) is 6.33 Å². The van der Waals surface area contributed by atoms with Gasteiger partial charge in [0.1, 0.15) is 17.4 Å². The van der Waals surface area contributed by atoms with Crippen LogP contribution in [-0.2, 0) is 4.74 Å². The van der Waals surface area contributed by atoms with Crippen molar-refractivity contribution in [2.24, 2.45) is 0 Å². The van der Waals surface area contributed by atoms with E-state index < -0.39 is 5.60 Å². The fourth-order valence-electron chi connectivity index (χ4n) is 2.60. The number of rotatable bonds is 1. The first kappa shape index (κ1) is 14.6. The third-order valence-electron chi connectivity index (χ3n) is 3.60. The van der Waals surface area contributed by atoms with Crippen molar-refractivity contribution in [2.75, 3.05) is 18.8 Å². The second-order valence-electron chi connectivity index (χ2n) is 6.45. The minimum atomic E-state index is -0.488. The summed E-state index contributed by atoms with van der Waals surface area (Å²) in [6.07, 6.45) is 3.68. The van der Waals surface area contributed by atoms with E-state index in [9.17, 15) is 4.79 Å². The fraction of sp³-hybridized carbons (Fsp3) is 0.571. The van der Waals surface area contributed by atoms with Crippen molar-refractivity contribution in [1.82, 2.24) is 24.4 Å². The van der Waals surface area contributed by atoms with Gasteiger partial charge in [-0.25, -0.2) is 19.7 Å². The summed E-state index contributed by atoms with van der Waals surface area (Å²) in [6.45, 7) is 6.81. The first-order valence-corrected chi connectivity index (χ1v) is 7.26. The van der Waals surface area contributed by atoms with Crippen molar-refractivity contribution in [1.29, 1.82) is 0 Å². The highest BCUT2D eigenvalue weighted by molar-refractivity contribution is 5.81. The van der Waals surface area contributed by atoms with E-state index in [4.69, 9.17) is 10.5 Å². The summed E-state index contributed by atoms with van der Waals surface area (Å²) in [7, 11) is 0. The molecule has 0 bridgehead atoms. The van der Waals surface area contributed by atoms with Gasteiger partial charge in [-0.2, -0.15) is 0 Å². The Bertz CT molecular complexity index is 705. The Balaban J connectivity index is 1.77. The van der Waals surface area contributed by atoms with Crippen LogP contribution >= 0.6 is 0 Å². The highest BCUT2D eigenvalue weighted by Crippen LogP contribution is 2.27. The standard InChI is InChI=1S/C14H20N6O2/c1-14(2,3)22-13(21)19-5-4-9(6-19)20-8-18-10-11(15)16-7-17-12(10)20/h7-9H,4-6H2,1-3H3,(H2,15,16,17). The molecule has 0 aromatic carbocycles. The van der Waals surface area contributed by atoms with Crippen LogP contribution in [0.15, 0.2) is 12.7 Å². The van der Waals surface area contributed by atoms with Gasteiger partial charge in [0, 0.05) is 13.1 Å². The van der Waals surface area contributed by atoms with Crippen LogP contribution in [-0.4, -0.2) is 49.2 Å². The number of likely N-dealkylation sites (tertiary alicyclic amines) is 1. The molecule has 118 valence electrons. The van der Waals surface area contributed by atoms with Crippen LogP contribution in [0, 0.1) is 0 Å². The molecule has 2 aromatic heterocycles. The van der Waals surface area contributed by atoms with E-state index in [0.717, 1.165) is 6.42 Å². The zero-order chi connectivity index (χ0) is 15.9. The van der Waals surface area contributed by atoms with E-state index >= 15 is 0 Å². The lowest BCUT2D eigenvalue weighted by atomic mass is 10.2. The Kier molecular flexibility index (Phi) is 3.38. The minimum Gasteiger partial charge on any atom is -0.444 e. The molecule has 3 heterocycles. The molecule has 0 radical (unpaired) electrons. The van der Waals surface area contributed by atoms with Crippen molar-refractivity contribution in [3.8, 4) is 0 Å². The van der Waals surface area contributed by atoms with E-state index in [0.29, 0.717) is 30.1 Å². The van der Waals surface area contributed by atoms with Crippen molar-refractivity contribution < 1.29 is 9.53 Å². The molecule has 1 unspecified atom stereocenters. The van der Waals surface area contributed by atoms with Crippen molar-refractivity contribution >= 4 is 23.1 Å². The number of nitrogens with zero attached hydrogens (tertiary/aromatic N) is 5. The predicted molar refractivity (Wildman–Crippen MR) is 81.2 cm³/mol. The molecule has 2 N–H and O–H groups in total. The predicted octanol–water partition coefficient (Wildman–Crippen LogP) is 1.59. The molecule has 8 nitrogen and oxygen atoms in total. The zero-order valence-electron chi connectivity index (χ0n) is 13.0. The molecule has 0 spiro atoms. The first-order chi connectivity index (χ1) is 10.3. The van der Waals surface area contributed by atoms with Gasteiger partial charge in [0.2, 0.25) is 0 Å². The molecule has 1 amide bonds. The molecule has 0 aliphatic carbocycles. The number of hydrogen-bond acceptors (Lipinski definition) is 6. The SMILES string of the molecule is CC(C)(C)OC(=O)N1CCC(n2cnc3c(N)ncnc32)C1. The normalized spacial score (nSPS) is 18.9. The molecule has 2 aromatic rings. The smallest absolute Gasteiger partial charge is 0.410 e. The molecule has 22 heavy (non-hydrogen) atoms. The van der Waals surface area contributed by atoms with Gasteiger partial charge in [0.05, 0.1) is 12.4 Å². The van der Waals surface area contributed by atoms with Gasteiger partial charge in [-0.1, -0.05) is 0 Å². The van der Waals surface area contributed by atoms with E-state index in [-0.39, 0.29) is 12.1 Å². The Morgan fingerprint density at radius 2 is 2.14 bits per heavy atom. The number of nitrogen functional groups attached to an aromatic ring is 1. The molecular formula is C14H20N6O2. The van der Waals surface area contributed by atoms with Gasteiger partial charge in [-0.3, -0.25) is 0 Å². The summed E-state index contributed by atoms with van der Waals surface area (Å²) in [5.74, 6) is 0.366. The fourth-order valence-corrected chi connectivity index (χ4v) is 2.60. The summed E-state index contributed by atoms with van der Waals surface area (Å²) in [6, 6.07) is 0.117. The second-order valence-corrected chi connectivity index (χ2v) is 6.45. The van der Waals surface area contributed by atoms with Gasteiger partial charge in [0.15, 0.2) is 11.5 Å². The quantitative estimate of drug-likeness (QED) is 0.859. The number of carbonyl (C=O) groups is 1.